The van der Waals surface area contributed by atoms with Crippen molar-refractivity contribution in [3.05, 3.63) is 11.4 Å². The molecule has 2 N–H and O–H groups in total. The normalized spacial score (nSPS) is 25.1. The first-order chi connectivity index (χ1) is 10.2. The highest BCUT2D eigenvalue weighted by Gasteiger charge is 2.29. The molecule has 1 aromatic rings. The Bertz CT molecular complexity index is 501. The molecule has 0 spiro atoms. The summed E-state index contributed by atoms with van der Waals surface area (Å²) in [5, 5.41) is 7.73. The molecule has 2 unspecified atom stereocenters. The van der Waals surface area contributed by atoms with Gasteiger partial charge in [-0.1, -0.05) is 6.92 Å². The summed E-state index contributed by atoms with van der Waals surface area (Å²) >= 11 is 2.10. The molecule has 0 amide bonds. The summed E-state index contributed by atoms with van der Waals surface area (Å²) in [6, 6.07) is 0.569. The van der Waals surface area contributed by atoms with Crippen molar-refractivity contribution in [1.82, 2.24) is 9.97 Å². The van der Waals surface area contributed by atoms with Crippen molar-refractivity contribution >= 4 is 23.4 Å². The molecular formula is C16H26N4S. The maximum Gasteiger partial charge on any atom is 0.136 e. The van der Waals surface area contributed by atoms with Crippen molar-refractivity contribution < 1.29 is 0 Å². The quantitative estimate of drug-likeness (QED) is 0.837. The summed E-state index contributed by atoms with van der Waals surface area (Å²) < 4.78 is 0. The molecule has 2 aliphatic carbocycles. The molecule has 0 saturated heterocycles. The van der Waals surface area contributed by atoms with E-state index in [2.05, 4.69) is 41.2 Å². The fraction of sp³-hybridized carbons (Fsp3) is 0.750. The standard InChI is InChI=1S/C16H26N4S/c1-4-21-13-8-7-12(9-13)18-15-10(2)14(17-3)19-16(20-15)11-5-6-11/h11-13H,4-9H2,1-3H3,(H2,17,18,19,20). The third-order valence-corrected chi connectivity index (χ3v) is 5.70. The van der Waals surface area contributed by atoms with Crippen LogP contribution in [0.2, 0.25) is 0 Å². The second kappa shape index (κ2) is 6.42. The summed E-state index contributed by atoms with van der Waals surface area (Å²) in [7, 11) is 1.94. The van der Waals surface area contributed by atoms with Crippen LogP contribution in [0.5, 0.6) is 0 Å². The van der Waals surface area contributed by atoms with E-state index in [1.165, 1.54) is 37.9 Å². The van der Waals surface area contributed by atoms with Gasteiger partial charge < -0.3 is 10.6 Å². The number of nitrogens with one attached hydrogen (secondary N) is 2. The van der Waals surface area contributed by atoms with Crippen LogP contribution in [0.15, 0.2) is 0 Å². The van der Waals surface area contributed by atoms with Crippen molar-refractivity contribution in [3.63, 3.8) is 0 Å². The van der Waals surface area contributed by atoms with Gasteiger partial charge in [-0.05, 0) is 44.8 Å². The molecule has 0 bridgehead atoms. The lowest BCUT2D eigenvalue weighted by atomic mass is 10.2. The first-order valence-electron chi connectivity index (χ1n) is 8.15. The van der Waals surface area contributed by atoms with Gasteiger partial charge in [-0.25, -0.2) is 9.97 Å². The molecule has 2 aliphatic rings. The molecule has 5 heteroatoms. The van der Waals surface area contributed by atoms with Crippen molar-refractivity contribution in [1.29, 1.82) is 0 Å². The molecule has 4 nitrogen and oxygen atoms in total. The Morgan fingerprint density at radius 3 is 2.57 bits per heavy atom. The highest BCUT2D eigenvalue weighted by Crippen LogP contribution is 2.40. The van der Waals surface area contributed by atoms with Crippen LogP contribution in [0.4, 0.5) is 11.6 Å². The second-order valence-corrected chi connectivity index (χ2v) is 7.74. The van der Waals surface area contributed by atoms with Crippen LogP contribution in [-0.4, -0.2) is 34.1 Å². The zero-order chi connectivity index (χ0) is 14.8. The lowest BCUT2D eigenvalue weighted by Crippen LogP contribution is -2.19. The van der Waals surface area contributed by atoms with Gasteiger partial charge in [-0.15, -0.1) is 0 Å². The maximum absolute atomic E-state index is 4.81. The fourth-order valence-electron chi connectivity index (χ4n) is 3.09. The number of anilines is 2. The number of hydrogen-bond donors (Lipinski definition) is 2. The molecule has 1 heterocycles. The van der Waals surface area contributed by atoms with Crippen LogP contribution in [0.1, 0.15) is 56.3 Å². The van der Waals surface area contributed by atoms with Gasteiger partial charge in [-0.3, -0.25) is 0 Å². The average molecular weight is 306 g/mol. The molecule has 2 saturated carbocycles. The molecule has 0 radical (unpaired) electrons. The number of aromatic nitrogens is 2. The Hall–Kier alpha value is -0.970. The summed E-state index contributed by atoms with van der Waals surface area (Å²) in [6.07, 6.45) is 6.33. The predicted molar refractivity (Wildman–Crippen MR) is 91.5 cm³/mol. The summed E-state index contributed by atoms with van der Waals surface area (Å²) in [5.41, 5.74) is 1.15. The van der Waals surface area contributed by atoms with E-state index in [9.17, 15) is 0 Å². The number of hydrogen-bond acceptors (Lipinski definition) is 5. The SMILES string of the molecule is CCSC1CCC(Nc2nc(C3CC3)nc(NC)c2C)C1. The van der Waals surface area contributed by atoms with E-state index >= 15 is 0 Å². The molecule has 2 fully saturated rings. The van der Waals surface area contributed by atoms with E-state index in [1.54, 1.807) is 0 Å². The Morgan fingerprint density at radius 1 is 1.14 bits per heavy atom. The molecule has 3 rings (SSSR count). The van der Waals surface area contributed by atoms with Crippen molar-refractivity contribution in [3.8, 4) is 0 Å². The zero-order valence-electron chi connectivity index (χ0n) is 13.3. The molecular weight excluding hydrogens is 280 g/mol. The first kappa shape index (κ1) is 14.9. The number of thioether (sulfide) groups is 1. The van der Waals surface area contributed by atoms with Crippen molar-refractivity contribution in [2.75, 3.05) is 23.4 Å². The van der Waals surface area contributed by atoms with E-state index < -0.39 is 0 Å². The molecule has 0 aliphatic heterocycles. The van der Waals surface area contributed by atoms with Crippen LogP contribution in [0.25, 0.3) is 0 Å². The van der Waals surface area contributed by atoms with E-state index in [1.807, 2.05) is 7.05 Å². The Labute approximate surface area is 131 Å². The van der Waals surface area contributed by atoms with Crippen molar-refractivity contribution in [2.45, 2.75) is 63.2 Å². The van der Waals surface area contributed by atoms with E-state index in [-0.39, 0.29) is 0 Å². The summed E-state index contributed by atoms with van der Waals surface area (Å²) in [4.78, 5) is 9.47. The van der Waals surface area contributed by atoms with Gasteiger partial charge >= 0.3 is 0 Å². The van der Waals surface area contributed by atoms with E-state index in [4.69, 9.17) is 4.98 Å². The average Bonchev–Trinajstić information content (AvgIpc) is 3.24. The predicted octanol–water partition coefficient (Wildman–Crippen LogP) is 3.79. The van der Waals surface area contributed by atoms with Gasteiger partial charge in [0.25, 0.3) is 0 Å². The van der Waals surface area contributed by atoms with Gasteiger partial charge in [0, 0.05) is 29.8 Å². The summed E-state index contributed by atoms with van der Waals surface area (Å²) in [5.74, 6) is 4.85. The minimum absolute atomic E-state index is 0.569. The van der Waals surface area contributed by atoms with Crippen LogP contribution in [0.3, 0.4) is 0 Å². The Balaban J connectivity index is 1.73. The van der Waals surface area contributed by atoms with E-state index in [0.717, 1.165) is 28.3 Å². The monoisotopic (exact) mass is 306 g/mol. The maximum atomic E-state index is 4.81. The van der Waals surface area contributed by atoms with Crippen LogP contribution >= 0.6 is 11.8 Å². The molecule has 2 atom stereocenters. The minimum Gasteiger partial charge on any atom is -0.373 e. The zero-order valence-corrected chi connectivity index (χ0v) is 14.1. The lowest BCUT2D eigenvalue weighted by molar-refractivity contribution is 0.746. The topological polar surface area (TPSA) is 49.8 Å². The molecule has 116 valence electrons. The van der Waals surface area contributed by atoms with Crippen molar-refractivity contribution in [2.24, 2.45) is 0 Å². The molecule has 21 heavy (non-hydrogen) atoms. The first-order valence-corrected chi connectivity index (χ1v) is 9.20. The van der Waals surface area contributed by atoms with Gasteiger partial charge in [0.15, 0.2) is 0 Å². The lowest BCUT2D eigenvalue weighted by Gasteiger charge is -2.18. The van der Waals surface area contributed by atoms with Crippen LogP contribution < -0.4 is 10.6 Å². The highest BCUT2D eigenvalue weighted by molar-refractivity contribution is 7.99. The Morgan fingerprint density at radius 2 is 1.90 bits per heavy atom. The number of nitrogens with zero attached hydrogens (tertiary/aromatic N) is 2. The van der Waals surface area contributed by atoms with Crippen LogP contribution in [0, 0.1) is 6.92 Å². The molecule has 1 aromatic heterocycles. The van der Waals surface area contributed by atoms with Gasteiger partial charge in [0.2, 0.25) is 0 Å². The summed E-state index contributed by atoms with van der Waals surface area (Å²) in [6.45, 7) is 4.36. The third-order valence-electron chi connectivity index (χ3n) is 4.47. The highest BCUT2D eigenvalue weighted by atomic mass is 32.2. The van der Waals surface area contributed by atoms with E-state index in [0.29, 0.717) is 12.0 Å². The van der Waals surface area contributed by atoms with Gasteiger partial charge in [0.05, 0.1) is 0 Å². The smallest absolute Gasteiger partial charge is 0.136 e. The largest absolute Gasteiger partial charge is 0.373 e. The molecule has 0 aromatic carbocycles. The number of rotatable bonds is 6. The minimum atomic E-state index is 0.569. The third kappa shape index (κ3) is 3.44. The van der Waals surface area contributed by atoms with Crippen LogP contribution in [-0.2, 0) is 0 Å². The van der Waals surface area contributed by atoms with Gasteiger partial charge in [0.1, 0.15) is 17.5 Å². The Kier molecular flexibility index (Phi) is 4.57. The van der Waals surface area contributed by atoms with Gasteiger partial charge in [-0.2, -0.15) is 11.8 Å². The fourth-order valence-corrected chi connectivity index (χ4v) is 4.24. The second-order valence-electron chi connectivity index (χ2n) is 6.16.